The molecule has 1 aromatic rings. The van der Waals surface area contributed by atoms with Crippen molar-refractivity contribution in [2.24, 2.45) is 0 Å². The van der Waals surface area contributed by atoms with Crippen LogP contribution < -0.4 is 5.32 Å². The van der Waals surface area contributed by atoms with Crippen LogP contribution in [0.4, 0.5) is 0 Å². The highest BCUT2D eigenvalue weighted by Gasteiger charge is 2.11. The van der Waals surface area contributed by atoms with E-state index in [-0.39, 0.29) is 12.6 Å². The van der Waals surface area contributed by atoms with Crippen LogP contribution in [0.1, 0.15) is 23.6 Å². The number of aliphatic hydroxyl groups is 1. The van der Waals surface area contributed by atoms with E-state index in [0.29, 0.717) is 13.0 Å². The maximum Gasteiger partial charge on any atom is 0.123 e. The van der Waals surface area contributed by atoms with Gasteiger partial charge in [0.05, 0.1) is 6.07 Å². The molecule has 0 aliphatic heterocycles. The molecule has 80 valence electrons. The molecule has 0 aliphatic rings. The zero-order valence-electron chi connectivity index (χ0n) is 8.77. The molecule has 0 aliphatic carbocycles. The number of nitrogens with zero attached hydrogens (tertiary/aromatic N) is 2. The van der Waals surface area contributed by atoms with Crippen LogP contribution in [0, 0.1) is 18.3 Å². The minimum Gasteiger partial charge on any atom is -0.396 e. The summed E-state index contributed by atoms with van der Waals surface area (Å²) < 4.78 is 0. The minimum atomic E-state index is -0.342. The topological polar surface area (TPSA) is 68.9 Å². The van der Waals surface area contributed by atoms with Crippen molar-refractivity contribution >= 4 is 0 Å². The molecule has 0 aromatic carbocycles. The van der Waals surface area contributed by atoms with E-state index in [1.54, 1.807) is 12.4 Å². The predicted octanol–water partition coefficient (Wildman–Crippen LogP) is 0.927. The number of aliphatic hydroxyl groups excluding tert-OH is 1. The number of nitrogens with one attached hydrogen (secondary N) is 1. The van der Waals surface area contributed by atoms with Gasteiger partial charge >= 0.3 is 0 Å². The highest BCUT2D eigenvalue weighted by molar-refractivity contribution is 5.28. The lowest BCUT2D eigenvalue weighted by atomic mass is 10.1. The quantitative estimate of drug-likeness (QED) is 0.701. The zero-order chi connectivity index (χ0) is 11.1. The average molecular weight is 205 g/mol. The Morgan fingerprint density at radius 2 is 2.47 bits per heavy atom. The van der Waals surface area contributed by atoms with E-state index >= 15 is 0 Å². The third-order valence-electron chi connectivity index (χ3n) is 2.20. The molecule has 0 bridgehead atoms. The van der Waals surface area contributed by atoms with Gasteiger partial charge in [-0.3, -0.25) is 10.3 Å². The van der Waals surface area contributed by atoms with Gasteiger partial charge in [-0.15, -0.1) is 0 Å². The fourth-order valence-electron chi connectivity index (χ4n) is 1.33. The number of nitriles is 1. The van der Waals surface area contributed by atoms with Gasteiger partial charge in [-0.1, -0.05) is 0 Å². The molecule has 0 saturated heterocycles. The summed E-state index contributed by atoms with van der Waals surface area (Å²) in [6.07, 6.45) is 4.06. The Morgan fingerprint density at radius 3 is 3.07 bits per heavy atom. The molecule has 4 heteroatoms. The van der Waals surface area contributed by atoms with Crippen LogP contribution in [-0.2, 0) is 0 Å². The van der Waals surface area contributed by atoms with Gasteiger partial charge in [0, 0.05) is 24.6 Å². The zero-order valence-corrected chi connectivity index (χ0v) is 8.77. The fraction of sp³-hybridized carbons (Fsp3) is 0.455. The maximum absolute atomic E-state index is 9.00. The Bertz CT molecular complexity index is 346. The molecule has 0 saturated carbocycles. The van der Waals surface area contributed by atoms with Crippen molar-refractivity contribution in [3.8, 4) is 6.07 Å². The molecule has 1 rings (SSSR count). The number of pyridine rings is 1. The van der Waals surface area contributed by atoms with Crippen molar-refractivity contribution in [2.75, 3.05) is 13.2 Å². The first-order valence-corrected chi connectivity index (χ1v) is 4.94. The van der Waals surface area contributed by atoms with Gasteiger partial charge in [-0.05, 0) is 31.5 Å². The van der Waals surface area contributed by atoms with Gasteiger partial charge in [-0.2, -0.15) is 5.26 Å². The first-order valence-electron chi connectivity index (χ1n) is 4.94. The lowest BCUT2D eigenvalue weighted by Crippen LogP contribution is -2.22. The number of hydrogen-bond acceptors (Lipinski definition) is 4. The first-order chi connectivity index (χ1) is 7.29. The normalized spacial score (nSPS) is 12.1. The lowest BCUT2D eigenvalue weighted by molar-refractivity contribution is 0.285. The average Bonchev–Trinajstić information content (AvgIpc) is 2.26. The lowest BCUT2D eigenvalue weighted by Gasteiger charge is -2.12. The Balaban J connectivity index is 2.67. The number of aromatic nitrogens is 1. The van der Waals surface area contributed by atoms with E-state index in [4.69, 9.17) is 10.4 Å². The van der Waals surface area contributed by atoms with Crippen molar-refractivity contribution in [1.29, 1.82) is 5.26 Å². The Kier molecular flexibility index (Phi) is 4.75. The van der Waals surface area contributed by atoms with Crippen LogP contribution >= 0.6 is 0 Å². The SMILES string of the molecule is Cc1ccncc1C(C#N)NCCCO. The third kappa shape index (κ3) is 3.31. The summed E-state index contributed by atoms with van der Waals surface area (Å²) in [5.41, 5.74) is 1.95. The van der Waals surface area contributed by atoms with E-state index in [0.717, 1.165) is 11.1 Å². The van der Waals surface area contributed by atoms with Crippen LogP contribution in [0.5, 0.6) is 0 Å². The molecule has 0 amide bonds. The van der Waals surface area contributed by atoms with Crippen LogP contribution in [0.2, 0.25) is 0 Å². The van der Waals surface area contributed by atoms with E-state index in [1.807, 2.05) is 13.0 Å². The van der Waals surface area contributed by atoms with Crippen LogP contribution in [-0.4, -0.2) is 23.2 Å². The summed E-state index contributed by atoms with van der Waals surface area (Å²) in [6, 6.07) is 3.73. The Morgan fingerprint density at radius 1 is 1.67 bits per heavy atom. The second-order valence-corrected chi connectivity index (χ2v) is 3.33. The van der Waals surface area contributed by atoms with Crippen LogP contribution in [0.15, 0.2) is 18.5 Å². The molecule has 2 N–H and O–H groups in total. The summed E-state index contributed by atoms with van der Waals surface area (Å²) >= 11 is 0. The van der Waals surface area contributed by atoms with Crippen molar-refractivity contribution in [3.05, 3.63) is 29.6 Å². The van der Waals surface area contributed by atoms with Gasteiger partial charge in [0.2, 0.25) is 0 Å². The second-order valence-electron chi connectivity index (χ2n) is 3.33. The van der Waals surface area contributed by atoms with E-state index in [2.05, 4.69) is 16.4 Å². The van der Waals surface area contributed by atoms with Gasteiger partial charge < -0.3 is 5.11 Å². The molecule has 0 spiro atoms. The second kappa shape index (κ2) is 6.12. The molecule has 1 unspecified atom stereocenters. The van der Waals surface area contributed by atoms with Crippen LogP contribution in [0.3, 0.4) is 0 Å². The van der Waals surface area contributed by atoms with E-state index in [1.165, 1.54) is 0 Å². The van der Waals surface area contributed by atoms with Crippen molar-refractivity contribution < 1.29 is 5.11 Å². The highest BCUT2D eigenvalue weighted by Crippen LogP contribution is 2.14. The molecule has 1 aromatic heterocycles. The summed E-state index contributed by atoms with van der Waals surface area (Å²) in [5.74, 6) is 0. The maximum atomic E-state index is 9.00. The predicted molar refractivity (Wildman–Crippen MR) is 57.0 cm³/mol. The summed E-state index contributed by atoms with van der Waals surface area (Å²) in [5, 5.41) is 20.7. The third-order valence-corrected chi connectivity index (χ3v) is 2.20. The largest absolute Gasteiger partial charge is 0.396 e. The first kappa shape index (κ1) is 11.6. The molecule has 1 heterocycles. The molecule has 0 fully saturated rings. The fourth-order valence-corrected chi connectivity index (χ4v) is 1.33. The summed E-state index contributed by atoms with van der Waals surface area (Å²) in [7, 11) is 0. The monoisotopic (exact) mass is 205 g/mol. The molecule has 1 atom stereocenters. The smallest absolute Gasteiger partial charge is 0.123 e. The molecular weight excluding hydrogens is 190 g/mol. The van der Waals surface area contributed by atoms with Crippen molar-refractivity contribution in [1.82, 2.24) is 10.3 Å². The van der Waals surface area contributed by atoms with Gasteiger partial charge in [0.1, 0.15) is 6.04 Å². The van der Waals surface area contributed by atoms with Gasteiger partial charge in [0.15, 0.2) is 0 Å². The number of hydrogen-bond donors (Lipinski definition) is 2. The summed E-state index contributed by atoms with van der Waals surface area (Å²) in [4.78, 5) is 4.00. The molecule has 15 heavy (non-hydrogen) atoms. The Hall–Kier alpha value is -1.44. The molecular formula is C11H15N3O. The van der Waals surface area contributed by atoms with E-state index < -0.39 is 0 Å². The van der Waals surface area contributed by atoms with E-state index in [9.17, 15) is 0 Å². The standard InChI is InChI=1S/C11H15N3O/c1-9-3-5-13-8-10(9)11(7-12)14-4-2-6-15/h3,5,8,11,14-15H,2,4,6H2,1H3. The Labute approximate surface area is 89.6 Å². The minimum absolute atomic E-state index is 0.136. The van der Waals surface area contributed by atoms with Crippen LogP contribution in [0.25, 0.3) is 0 Å². The molecule has 0 radical (unpaired) electrons. The van der Waals surface area contributed by atoms with Gasteiger partial charge in [0.25, 0.3) is 0 Å². The summed E-state index contributed by atoms with van der Waals surface area (Å²) in [6.45, 7) is 2.72. The number of aryl methyl sites for hydroxylation is 1. The highest BCUT2D eigenvalue weighted by atomic mass is 16.3. The van der Waals surface area contributed by atoms with Gasteiger partial charge in [-0.25, -0.2) is 0 Å². The van der Waals surface area contributed by atoms with Crippen molar-refractivity contribution in [2.45, 2.75) is 19.4 Å². The van der Waals surface area contributed by atoms with Crippen molar-refractivity contribution in [3.63, 3.8) is 0 Å². The molecule has 4 nitrogen and oxygen atoms in total. The number of rotatable bonds is 5.